The molecule has 3 rings (SSSR count). The zero-order chi connectivity index (χ0) is 25.4. The normalized spacial score (nSPS) is 13.4. The van der Waals surface area contributed by atoms with Crippen molar-refractivity contribution in [2.24, 2.45) is 11.1 Å². The predicted octanol–water partition coefficient (Wildman–Crippen LogP) is 3.87. The fraction of sp³-hybridized carbons (Fsp3) is 0.429. The molecular formula is C28H38N4O3. The molecule has 7 heteroatoms. The molecule has 2 atom stereocenters. The number of imidazole rings is 1. The molecular weight excluding hydrogens is 440 g/mol. The Bertz CT molecular complexity index is 1060. The van der Waals surface area contributed by atoms with Gasteiger partial charge in [0, 0.05) is 38.0 Å². The molecule has 0 saturated carbocycles. The first-order valence-electron chi connectivity index (χ1n) is 12.1. The van der Waals surface area contributed by atoms with Crippen molar-refractivity contribution in [3.63, 3.8) is 0 Å². The molecule has 1 heterocycles. The molecule has 0 bridgehead atoms. The second-order valence-corrected chi connectivity index (χ2v) is 9.98. The highest BCUT2D eigenvalue weighted by Crippen LogP contribution is 2.39. The van der Waals surface area contributed by atoms with Crippen molar-refractivity contribution in [3.05, 3.63) is 78.2 Å². The van der Waals surface area contributed by atoms with Crippen molar-refractivity contribution in [1.29, 1.82) is 0 Å². The van der Waals surface area contributed by atoms with Crippen LogP contribution in [0.1, 0.15) is 44.6 Å². The minimum absolute atomic E-state index is 0.0358. The van der Waals surface area contributed by atoms with E-state index in [4.69, 9.17) is 15.5 Å². The summed E-state index contributed by atoms with van der Waals surface area (Å²) in [6, 6.07) is 19.5. The monoisotopic (exact) mass is 478 g/mol. The molecule has 0 spiro atoms. The first kappa shape index (κ1) is 26.6. The average Bonchev–Trinajstić information content (AvgIpc) is 3.24. The maximum Gasteiger partial charge on any atom is 0.249 e. The van der Waals surface area contributed by atoms with E-state index in [1.54, 1.807) is 0 Å². The van der Waals surface area contributed by atoms with Gasteiger partial charge in [0.2, 0.25) is 5.91 Å². The summed E-state index contributed by atoms with van der Waals surface area (Å²) in [5, 5.41) is 9.47. The lowest BCUT2D eigenvalue weighted by atomic mass is 9.84. The maximum atomic E-state index is 13.3. The van der Waals surface area contributed by atoms with Crippen LogP contribution in [-0.4, -0.2) is 58.4 Å². The van der Waals surface area contributed by atoms with Crippen molar-refractivity contribution in [2.45, 2.75) is 45.8 Å². The van der Waals surface area contributed by atoms with Crippen LogP contribution in [-0.2, 0) is 16.1 Å². The van der Waals surface area contributed by atoms with Crippen molar-refractivity contribution in [1.82, 2.24) is 14.5 Å². The van der Waals surface area contributed by atoms with E-state index in [2.05, 4.69) is 43.7 Å². The molecule has 1 aromatic heterocycles. The zero-order valence-corrected chi connectivity index (χ0v) is 21.2. The molecule has 1 amide bonds. The van der Waals surface area contributed by atoms with Crippen molar-refractivity contribution >= 4 is 5.91 Å². The maximum absolute atomic E-state index is 13.3. The van der Waals surface area contributed by atoms with Crippen LogP contribution in [0.4, 0.5) is 0 Å². The van der Waals surface area contributed by atoms with Gasteiger partial charge >= 0.3 is 0 Å². The van der Waals surface area contributed by atoms with Gasteiger partial charge in [0.1, 0.15) is 12.4 Å². The second-order valence-electron chi connectivity index (χ2n) is 9.98. The number of methoxy groups -OCH3 is 1. The molecule has 188 valence electrons. The molecule has 3 aromatic rings. The van der Waals surface area contributed by atoms with E-state index in [-0.39, 0.29) is 30.6 Å². The van der Waals surface area contributed by atoms with Crippen LogP contribution in [0.15, 0.2) is 66.9 Å². The predicted molar refractivity (Wildman–Crippen MR) is 139 cm³/mol. The second kappa shape index (κ2) is 12.1. The number of aromatic nitrogens is 2. The van der Waals surface area contributed by atoms with E-state index in [9.17, 15) is 9.90 Å². The summed E-state index contributed by atoms with van der Waals surface area (Å²) in [7, 11) is 1.52. The number of carbonyl (C=O) groups excluding carboxylic acids is 1. The highest BCUT2D eigenvalue weighted by molar-refractivity contribution is 5.78. The molecule has 3 N–H and O–H groups in total. The topological polar surface area (TPSA) is 93.6 Å². The lowest BCUT2D eigenvalue weighted by Gasteiger charge is -2.40. The number of amides is 1. The Kier molecular flexibility index (Phi) is 9.20. The fourth-order valence-electron chi connectivity index (χ4n) is 4.30. The van der Waals surface area contributed by atoms with Gasteiger partial charge in [-0.3, -0.25) is 4.79 Å². The number of hydrogen-bond donors (Lipinski definition) is 2. The number of carbonyl (C=O) groups is 1. The van der Waals surface area contributed by atoms with E-state index < -0.39 is 6.04 Å². The summed E-state index contributed by atoms with van der Waals surface area (Å²) in [5.41, 5.74) is 8.71. The van der Waals surface area contributed by atoms with Gasteiger partial charge in [0.05, 0.1) is 18.3 Å². The van der Waals surface area contributed by atoms with Gasteiger partial charge in [0.15, 0.2) is 0 Å². The third kappa shape index (κ3) is 7.01. The van der Waals surface area contributed by atoms with Crippen molar-refractivity contribution in [2.75, 3.05) is 26.9 Å². The van der Waals surface area contributed by atoms with E-state index in [0.29, 0.717) is 19.5 Å². The number of aliphatic hydroxyl groups excluding tert-OH is 1. The van der Waals surface area contributed by atoms with Crippen LogP contribution in [0.5, 0.6) is 0 Å². The van der Waals surface area contributed by atoms with Crippen molar-refractivity contribution < 1.29 is 14.6 Å². The average molecular weight is 479 g/mol. The van der Waals surface area contributed by atoms with Crippen LogP contribution >= 0.6 is 0 Å². The summed E-state index contributed by atoms with van der Waals surface area (Å²) >= 11 is 0. The molecule has 2 unspecified atom stereocenters. The molecule has 0 aliphatic heterocycles. The molecule has 2 aromatic carbocycles. The Labute approximate surface area is 208 Å². The zero-order valence-electron chi connectivity index (χ0n) is 21.2. The Hall–Kier alpha value is -3.00. The van der Waals surface area contributed by atoms with Crippen LogP contribution < -0.4 is 5.73 Å². The third-order valence-corrected chi connectivity index (χ3v) is 6.01. The summed E-state index contributed by atoms with van der Waals surface area (Å²) in [6.07, 6.45) is 2.54. The highest BCUT2D eigenvalue weighted by atomic mass is 16.5. The number of rotatable bonds is 11. The van der Waals surface area contributed by atoms with E-state index >= 15 is 0 Å². The molecule has 0 aliphatic rings. The minimum Gasteiger partial charge on any atom is -0.395 e. The molecule has 0 saturated heterocycles. The summed E-state index contributed by atoms with van der Waals surface area (Å²) in [6.45, 7) is 7.19. The first-order chi connectivity index (χ1) is 16.7. The highest BCUT2D eigenvalue weighted by Gasteiger charge is 2.38. The molecule has 7 nitrogen and oxygen atoms in total. The largest absolute Gasteiger partial charge is 0.395 e. The number of nitrogens with zero attached hydrogens (tertiary/aromatic N) is 3. The fourth-order valence-corrected chi connectivity index (χ4v) is 4.30. The minimum atomic E-state index is -0.405. The summed E-state index contributed by atoms with van der Waals surface area (Å²) < 4.78 is 7.36. The van der Waals surface area contributed by atoms with Gasteiger partial charge in [-0.1, -0.05) is 81.4 Å². The molecule has 0 aliphatic carbocycles. The van der Waals surface area contributed by atoms with E-state index in [0.717, 1.165) is 22.6 Å². The van der Waals surface area contributed by atoms with Gasteiger partial charge in [-0.15, -0.1) is 0 Å². The van der Waals surface area contributed by atoms with Crippen LogP contribution in [0.2, 0.25) is 0 Å². The lowest BCUT2D eigenvalue weighted by Crippen LogP contribution is -2.46. The van der Waals surface area contributed by atoms with Crippen LogP contribution in [0, 0.1) is 5.41 Å². The molecule has 0 fully saturated rings. The number of aliphatic hydroxyl groups is 1. The van der Waals surface area contributed by atoms with Gasteiger partial charge in [-0.2, -0.15) is 0 Å². The molecule has 35 heavy (non-hydrogen) atoms. The van der Waals surface area contributed by atoms with Crippen LogP contribution in [0.25, 0.3) is 11.3 Å². The standard InChI is InChI=1S/C28H38N4O3/c1-28(2,3)26(32(25(34)20-35-4)16-15-23(29)19-33)27-30-24(22-13-9-6-10-14-22)18-31(27)17-21-11-7-5-8-12-21/h5-14,18,23,26,33H,15-17,19-20,29H2,1-4H3. The van der Waals surface area contributed by atoms with Crippen molar-refractivity contribution in [3.8, 4) is 11.3 Å². The first-order valence-corrected chi connectivity index (χ1v) is 12.1. The Morgan fingerprint density at radius 3 is 2.31 bits per heavy atom. The summed E-state index contributed by atoms with van der Waals surface area (Å²) in [4.78, 5) is 20.2. The molecule has 0 radical (unpaired) electrons. The number of hydrogen-bond acceptors (Lipinski definition) is 5. The smallest absolute Gasteiger partial charge is 0.249 e. The van der Waals surface area contributed by atoms with E-state index in [1.165, 1.54) is 7.11 Å². The van der Waals surface area contributed by atoms with Gasteiger partial charge in [0.25, 0.3) is 0 Å². The van der Waals surface area contributed by atoms with Gasteiger partial charge < -0.3 is 25.0 Å². The Morgan fingerprint density at radius 2 is 1.74 bits per heavy atom. The number of nitrogens with two attached hydrogens (primary N) is 1. The Morgan fingerprint density at radius 1 is 1.11 bits per heavy atom. The summed E-state index contributed by atoms with van der Waals surface area (Å²) in [5.74, 6) is 0.676. The van der Waals surface area contributed by atoms with E-state index in [1.807, 2.05) is 53.4 Å². The number of ether oxygens (including phenoxy) is 1. The van der Waals surface area contributed by atoms with Gasteiger partial charge in [-0.05, 0) is 17.4 Å². The van der Waals surface area contributed by atoms with Gasteiger partial charge in [-0.25, -0.2) is 4.98 Å². The quantitative estimate of drug-likeness (QED) is 0.436. The Balaban J connectivity index is 2.13. The van der Waals surface area contributed by atoms with Crippen LogP contribution in [0.3, 0.4) is 0 Å². The SMILES string of the molecule is COCC(=O)N(CCC(N)CO)C(c1nc(-c2ccccc2)cn1Cc1ccccc1)C(C)(C)C. The lowest BCUT2D eigenvalue weighted by molar-refractivity contribution is -0.140. The third-order valence-electron chi connectivity index (χ3n) is 6.01. The number of benzene rings is 2.